The molecule has 0 aromatic heterocycles. The summed E-state index contributed by atoms with van der Waals surface area (Å²) in [5.41, 5.74) is 17.8. The van der Waals surface area contributed by atoms with Gasteiger partial charge in [-0.15, -0.1) is 0 Å². The lowest BCUT2D eigenvalue weighted by Crippen LogP contribution is -2.63. The molecule has 4 fully saturated rings. The van der Waals surface area contributed by atoms with E-state index in [0.29, 0.717) is 78.1 Å². The fourth-order valence-electron chi connectivity index (χ4n) is 10.0. The van der Waals surface area contributed by atoms with Crippen molar-refractivity contribution in [3.05, 3.63) is 123 Å². The van der Waals surface area contributed by atoms with E-state index < -0.39 is 29.2 Å². The Bertz CT molecular complexity index is 2300. The molecular weight excluding hydrogens is 809 g/mol. The molecule has 3 aromatic carbocycles. The Hall–Kier alpha value is -5.39. The molecule has 5 heterocycles. The number of nitrogens with zero attached hydrogens (tertiary/aromatic N) is 5. The molecule has 0 spiro atoms. The van der Waals surface area contributed by atoms with E-state index in [0.717, 1.165) is 80.7 Å². The first kappa shape index (κ1) is 42.9. The molecule has 6 N–H and O–H groups in total. The number of ether oxygens (including phenoxy) is 1. The Morgan fingerprint density at radius 1 is 0.921 bits per heavy atom. The number of hydrogen-bond donors (Lipinski definition) is 4. The maximum atomic E-state index is 14.2. The zero-order valence-electron chi connectivity index (χ0n) is 35.7. The second kappa shape index (κ2) is 17.6. The van der Waals surface area contributed by atoms with Crippen LogP contribution in [-0.2, 0) is 33.0 Å². The number of anilines is 2. The van der Waals surface area contributed by atoms with Gasteiger partial charge < -0.3 is 46.9 Å². The number of benzene rings is 3. The SMILES string of the molecule is CC(N)(NC(=O)C1=CCC(N2CCN(C3CN(c4ccc5c(c4)C(=O)N(C4CCCN([O-])C4=O)C5)C3)CC2)C=C1NC1CCOCC1)c1cc(Cc2cc(F)cc(F)c2)ccc1N. The van der Waals surface area contributed by atoms with E-state index in [1.807, 2.05) is 18.2 Å². The quantitative estimate of drug-likeness (QED) is 0.164. The minimum atomic E-state index is -1.36. The van der Waals surface area contributed by atoms with Gasteiger partial charge in [0.05, 0.1) is 5.57 Å². The summed E-state index contributed by atoms with van der Waals surface area (Å²) in [7, 11) is 0. The zero-order chi connectivity index (χ0) is 44.0. The first-order valence-corrected chi connectivity index (χ1v) is 22.2. The number of rotatable bonds is 11. The van der Waals surface area contributed by atoms with Crippen LogP contribution in [0.3, 0.4) is 0 Å². The number of carbonyl (C=O) groups is 3. The summed E-state index contributed by atoms with van der Waals surface area (Å²) in [5.74, 6) is -2.34. The van der Waals surface area contributed by atoms with E-state index in [1.165, 1.54) is 12.1 Å². The zero-order valence-corrected chi connectivity index (χ0v) is 35.7. The number of piperazine rings is 1. The van der Waals surface area contributed by atoms with Crippen LogP contribution in [-0.4, -0.2) is 121 Å². The lowest BCUT2D eigenvalue weighted by molar-refractivity contribution is -0.136. The number of nitrogens with two attached hydrogens (primary N) is 2. The lowest BCUT2D eigenvalue weighted by Gasteiger charge is -2.50. The minimum Gasteiger partial charge on any atom is -0.756 e. The average molecular weight is 865 g/mol. The third-order valence-corrected chi connectivity index (χ3v) is 13.7. The molecular formula is C47H56F2N9O5-. The van der Waals surface area contributed by atoms with Crippen molar-refractivity contribution in [1.29, 1.82) is 0 Å². The molecule has 6 aliphatic rings. The van der Waals surface area contributed by atoms with E-state index in [2.05, 4.69) is 37.5 Å². The van der Waals surface area contributed by atoms with Crippen molar-refractivity contribution in [3.8, 4) is 0 Å². The Morgan fingerprint density at radius 2 is 1.65 bits per heavy atom. The van der Waals surface area contributed by atoms with Crippen molar-refractivity contribution in [2.45, 2.75) is 81.8 Å². The summed E-state index contributed by atoms with van der Waals surface area (Å²) in [6, 6.07) is 14.6. The molecule has 3 amide bonds. The fourth-order valence-corrected chi connectivity index (χ4v) is 10.0. The molecule has 0 radical (unpaired) electrons. The highest BCUT2D eigenvalue weighted by Gasteiger charge is 2.40. The van der Waals surface area contributed by atoms with Crippen molar-refractivity contribution in [2.75, 3.05) is 69.7 Å². The normalized spacial score (nSPS) is 23.8. The van der Waals surface area contributed by atoms with Gasteiger partial charge in [0.2, 0.25) is 5.91 Å². The molecule has 3 unspecified atom stereocenters. The predicted molar refractivity (Wildman–Crippen MR) is 235 cm³/mol. The highest BCUT2D eigenvalue weighted by Crippen LogP contribution is 2.34. The van der Waals surface area contributed by atoms with Crippen LogP contribution >= 0.6 is 0 Å². The first-order chi connectivity index (χ1) is 30.3. The number of nitrogen functional groups attached to an aromatic ring is 1. The van der Waals surface area contributed by atoms with Crippen molar-refractivity contribution >= 4 is 29.1 Å². The van der Waals surface area contributed by atoms with Crippen LogP contribution in [0, 0.1) is 16.8 Å². The molecule has 4 saturated heterocycles. The summed E-state index contributed by atoms with van der Waals surface area (Å²) in [6.45, 7) is 8.80. The van der Waals surface area contributed by atoms with Gasteiger partial charge in [0, 0.05) is 118 Å². The van der Waals surface area contributed by atoms with Crippen LogP contribution in [0.4, 0.5) is 20.2 Å². The van der Waals surface area contributed by atoms with E-state index in [1.54, 1.807) is 30.0 Å². The van der Waals surface area contributed by atoms with Crippen LogP contribution in [0.2, 0.25) is 0 Å². The van der Waals surface area contributed by atoms with Crippen molar-refractivity contribution in [1.82, 2.24) is 30.4 Å². The van der Waals surface area contributed by atoms with Gasteiger partial charge in [0.15, 0.2) is 0 Å². The highest BCUT2D eigenvalue weighted by molar-refractivity contribution is 6.02. The van der Waals surface area contributed by atoms with Gasteiger partial charge in [-0.1, -0.05) is 18.2 Å². The average Bonchev–Trinajstić information content (AvgIpc) is 3.57. The van der Waals surface area contributed by atoms with Gasteiger partial charge >= 0.3 is 0 Å². The number of piperidine rings is 1. The van der Waals surface area contributed by atoms with Crippen LogP contribution in [0.1, 0.15) is 71.6 Å². The van der Waals surface area contributed by atoms with Gasteiger partial charge in [0.25, 0.3) is 11.8 Å². The van der Waals surface area contributed by atoms with Crippen LogP contribution < -0.4 is 27.0 Å². The number of amides is 3. The van der Waals surface area contributed by atoms with Gasteiger partial charge in [-0.25, -0.2) is 8.78 Å². The summed E-state index contributed by atoms with van der Waals surface area (Å²) < 4.78 is 33.5. The highest BCUT2D eigenvalue weighted by atomic mass is 19.1. The van der Waals surface area contributed by atoms with Crippen molar-refractivity contribution in [3.63, 3.8) is 0 Å². The Labute approximate surface area is 366 Å². The monoisotopic (exact) mass is 864 g/mol. The molecule has 16 heteroatoms. The van der Waals surface area contributed by atoms with Crippen LogP contribution in [0.5, 0.6) is 0 Å². The second-order valence-electron chi connectivity index (χ2n) is 18.1. The number of fused-ring (bicyclic) bond motifs is 1. The summed E-state index contributed by atoms with van der Waals surface area (Å²) in [6.07, 6.45) is 7.84. The molecule has 14 nitrogen and oxygen atoms in total. The van der Waals surface area contributed by atoms with Crippen molar-refractivity contribution < 1.29 is 27.9 Å². The summed E-state index contributed by atoms with van der Waals surface area (Å²) in [5, 5.41) is 19.2. The molecule has 63 heavy (non-hydrogen) atoms. The van der Waals surface area contributed by atoms with Crippen LogP contribution in [0.15, 0.2) is 78.0 Å². The maximum absolute atomic E-state index is 14.2. The summed E-state index contributed by atoms with van der Waals surface area (Å²) in [4.78, 5) is 49.1. The molecule has 5 aliphatic heterocycles. The molecule has 3 atom stereocenters. The lowest BCUT2D eigenvalue weighted by atomic mass is 9.93. The molecule has 0 saturated carbocycles. The molecule has 334 valence electrons. The largest absolute Gasteiger partial charge is 0.756 e. The topological polar surface area (TPSA) is 176 Å². The smallest absolute Gasteiger partial charge is 0.255 e. The summed E-state index contributed by atoms with van der Waals surface area (Å²) >= 11 is 0. The third kappa shape index (κ3) is 9.05. The van der Waals surface area contributed by atoms with Gasteiger partial charge in [-0.2, -0.15) is 0 Å². The van der Waals surface area contributed by atoms with Gasteiger partial charge in [0.1, 0.15) is 23.3 Å². The number of hydrogen-bond acceptors (Lipinski definition) is 11. The van der Waals surface area contributed by atoms with Crippen molar-refractivity contribution in [2.24, 2.45) is 5.73 Å². The Kier molecular flexibility index (Phi) is 12.0. The third-order valence-electron chi connectivity index (χ3n) is 13.7. The Morgan fingerprint density at radius 3 is 2.40 bits per heavy atom. The van der Waals surface area contributed by atoms with Gasteiger partial charge in [-0.3, -0.25) is 24.2 Å². The molecule has 9 rings (SSSR count). The fraction of sp³-hybridized carbons (Fsp3) is 0.468. The second-order valence-corrected chi connectivity index (χ2v) is 18.1. The standard InChI is InChI=1S/C47H56F2N9O5/c1-47(51,40-22-29(4-9-41(40)50)19-30-20-32(48)23-33(49)21-30)53-44(59)38-8-7-36(25-42(38)52-34-10-17-63-18-11-34)54-13-15-55(16-14-54)37-27-56(28-37)35-6-5-31-26-57(45(60)39(31)24-35)43-3-2-12-58(62)46(43)61/h4-6,8-9,20-25,34,36-37,43,52H,2-3,7,10-19,26-28,50-51H2,1H3,(H,53,59)/q-1. The Balaban J connectivity index is 0.816. The predicted octanol–water partition coefficient (Wildman–Crippen LogP) is 3.69. The van der Waals surface area contributed by atoms with E-state index in [4.69, 9.17) is 16.2 Å². The van der Waals surface area contributed by atoms with E-state index in [9.17, 15) is 28.4 Å². The first-order valence-electron chi connectivity index (χ1n) is 22.2. The van der Waals surface area contributed by atoms with E-state index in [-0.39, 0.29) is 36.9 Å². The molecule has 3 aromatic rings. The number of carbonyl (C=O) groups excluding carboxylic acids is 3. The number of hydroxylamine groups is 2. The maximum Gasteiger partial charge on any atom is 0.255 e. The van der Waals surface area contributed by atoms with E-state index >= 15 is 0 Å². The molecule has 1 aliphatic carbocycles. The minimum absolute atomic E-state index is 0.0947. The van der Waals surface area contributed by atoms with Crippen LogP contribution in [0.25, 0.3) is 0 Å². The molecule has 0 bridgehead atoms. The van der Waals surface area contributed by atoms with Gasteiger partial charge in [-0.05, 0) is 105 Å². The number of nitrogens with one attached hydrogen (secondary N) is 2. The number of halogens is 2.